The summed E-state index contributed by atoms with van der Waals surface area (Å²) in [6, 6.07) is 3.94. The van der Waals surface area contributed by atoms with Gasteiger partial charge in [-0.2, -0.15) is 0 Å². The molecule has 0 radical (unpaired) electrons. The summed E-state index contributed by atoms with van der Waals surface area (Å²) in [7, 11) is 0. The molecule has 0 bridgehead atoms. The first-order chi connectivity index (χ1) is 7.83. The highest BCUT2D eigenvalue weighted by molar-refractivity contribution is 5.94. The van der Waals surface area contributed by atoms with Gasteiger partial charge in [-0.3, -0.25) is 4.79 Å². The Hall–Kier alpha value is -1.22. The smallest absolute Gasteiger partial charge is 0.181 e. The van der Waals surface area contributed by atoms with Crippen LogP contribution in [0.3, 0.4) is 0 Å². The summed E-state index contributed by atoms with van der Waals surface area (Å²) in [5.74, 6) is 0.871. The summed E-state index contributed by atoms with van der Waals surface area (Å²) >= 11 is 0. The molecule has 0 amide bonds. The maximum Gasteiger partial charge on any atom is 0.181 e. The SMILES string of the molecule is O=C(CC1CC1)c1ccc2c(n1)CCNC2. The summed E-state index contributed by atoms with van der Waals surface area (Å²) in [5.41, 5.74) is 3.03. The van der Waals surface area contributed by atoms with Crippen LogP contribution in [0.4, 0.5) is 0 Å². The van der Waals surface area contributed by atoms with Gasteiger partial charge in [-0.1, -0.05) is 6.07 Å². The van der Waals surface area contributed by atoms with E-state index < -0.39 is 0 Å². The van der Waals surface area contributed by atoms with E-state index in [1.54, 1.807) is 0 Å². The van der Waals surface area contributed by atoms with Gasteiger partial charge in [-0.25, -0.2) is 4.98 Å². The van der Waals surface area contributed by atoms with E-state index in [0.29, 0.717) is 18.0 Å². The normalized spacial score (nSPS) is 19.2. The van der Waals surface area contributed by atoms with E-state index in [2.05, 4.69) is 16.4 Å². The van der Waals surface area contributed by atoms with Gasteiger partial charge in [0.05, 0.1) is 0 Å². The average Bonchev–Trinajstić information content (AvgIpc) is 3.12. The molecular formula is C13H16N2O. The molecule has 1 aromatic heterocycles. The molecule has 1 aromatic rings. The van der Waals surface area contributed by atoms with Crippen LogP contribution >= 0.6 is 0 Å². The quantitative estimate of drug-likeness (QED) is 0.782. The molecular weight excluding hydrogens is 200 g/mol. The minimum atomic E-state index is 0.226. The van der Waals surface area contributed by atoms with Crippen LogP contribution in [0.2, 0.25) is 0 Å². The summed E-state index contributed by atoms with van der Waals surface area (Å²) in [6.45, 7) is 1.86. The molecule has 1 aliphatic carbocycles. The van der Waals surface area contributed by atoms with Gasteiger partial charge >= 0.3 is 0 Å². The Bertz CT molecular complexity index is 424. The molecule has 0 aromatic carbocycles. The number of rotatable bonds is 3. The van der Waals surface area contributed by atoms with Crippen LogP contribution in [0, 0.1) is 5.92 Å². The second-order valence-corrected chi connectivity index (χ2v) is 4.80. The third-order valence-corrected chi connectivity index (χ3v) is 3.38. The number of Topliss-reactive ketones (excluding diaryl/α,β-unsaturated/α-hetero) is 1. The molecule has 1 N–H and O–H groups in total. The molecule has 3 nitrogen and oxygen atoms in total. The minimum absolute atomic E-state index is 0.226. The summed E-state index contributed by atoms with van der Waals surface area (Å²) < 4.78 is 0. The van der Waals surface area contributed by atoms with Crippen LogP contribution in [0.25, 0.3) is 0 Å². The predicted octanol–water partition coefficient (Wildman–Crippen LogP) is 1.71. The van der Waals surface area contributed by atoms with Crippen LogP contribution < -0.4 is 5.32 Å². The lowest BCUT2D eigenvalue weighted by atomic mass is 10.0. The third-order valence-electron chi connectivity index (χ3n) is 3.38. The Morgan fingerprint density at radius 3 is 3.12 bits per heavy atom. The fourth-order valence-corrected chi connectivity index (χ4v) is 2.18. The Balaban J connectivity index is 1.81. The minimum Gasteiger partial charge on any atom is -0.312 e. The maximum atomic E-state index is 11.9. The molecule has 84 valence electrons. The number of pyridine rings is 1. The molecule has 3 heteroatoms. The van der Waals surface area contributed by atoms with Gasteiger partial charge in [-0.15, -0.1) is 0 Å². The molecule has 16 heavy (non-hydrogen) atoms. The van der Waals surface area contributed by atoms with Gasteiger partial charge in [0, 0.05) is 31.6 Å². The highest BCUT2D eigenvalue weighted by atomic mass is 16.1. The van der Waals surface area contributed by atoms with Gasteiger partial charge in [0.25, 0.3) is 0 Å². The third kappa shape index (κ3) is 2.00. The largest absolute Gasteiger partial charge is 0.312 e. The predicted molar refractivity (Wildman–Crippen MR) is 61.3 cm³/mol. The lowest BCUT2D eigenvalue weighted by Crippen LogP contribution is -2.25. The van der Waals surface area contributed by atoms with Crippen LogP contribution in [-0.2, 0) is 13.0 Å². The first-order valence-electron chi connectivity index (χ1n) is 6.05. The van der Waals surface area contributed by atoms with Crippen molar-refractivity contribution in [2.24, 2.45) is 5.92 Å². The number of carbonyl (C=O) groups excluding carboxylic acids is 1. The van der Waals surface area contributed by atoms with E-state index >= 15 is 0 Å². The number of carbonyl (C=O) groups is 1. The molecule has 2 heterocycles. The van der Waals surface area contributed by atoms with Crippen molar-refractivity contribution in [1.82, 2.24) is 10.3 Å². The molecule has 1 saturated carbocycles. The fourth-order valence-electron chi connectivity index (χ4n) is 2.18. The molecule has 1 fully saturated rings. The van der Waals surface area contributed by atoms with Gasteiger partial charge in [0.1, 0.15) is 5.69 Å². The zero-order chi connectivity index (χ0) is 11.0. The topological polar surface area (TPSA) is 42.0 Å². The highest BCUT2D eigenvalue weighted by Gasteiger charge is 2.25. The summed E-state index contributed by atoms with van der Waals surface area (Å²) in [4.78, 5) is 16.4. The zero-order valence-electron chi connectivity index (χ0n) is 9.33. The van der Waals surface area contributed by atoms with E-state index in [-0.39, 0.29) is 5.78 Å². The first kappa shape index (κ1) is 9.97. The van der Waals surface area contributed by atoms with Gasteiger partial charge < -0.3 is 5.32 Å². The molecule has 0 saturated heterocycles. The van der Waals surface area contributed by atoms with Crippen LogP contribution in [0.5, 0.6) is 0 Å². The number of fused-ring (bicyclic) bond motifs is 1. The van der Waals surface area contributed by atoms with Crippen LogP contribution in [0.1, 0.15) is 41.0 Å². The van der Waals surface area contributed by atoms with E-state index in [9.17, 15) is 4.79 Å². The van der Waals surface area contributed by atoms with Crippen molar-refractivity contribution in [3.05, 3.63) is 29.1 Å². The summed E-state index contributed by atoms with van der Waals surface area (Å²) in [5, 5.41) is 3.31. The van der Waals surface area contributed by atoms with Gasteiger partial charge in [-0.05, 0) is 30.4 Å². The van der Waals surface area contributed by atoms with Gasteiger partial charge in [0.15, 0.2) is 5.78 Å². The lowest BCUT2D eigenvalue weighted by molar-refractivity contribution is 0.0971. The number of hydrogen-bond donors (Lipinski definition) is 1. The zero-order valence-corrected chi connectivity index (χ0v) is 9.33. The van der Waals surface area contributed by atoms with E-state index in [4.69, 9.17) is 0 Å². The highest BCUT2D eigenvalue weighted by Crippen LogP contribution is 2.33. The van der Waals surface area contributed by atoms with E-state index in [1.165, 1.54) is 18.4 Å². The van der Waals surface area contributed by atoms with E-state index in [0.717, 1.165) is 25.2 Å². The average molecular weight is 216 g/mol. The number of nitrogens with zero attached hydrogens (tertiary/aromatic N) is 1. The lowest BCUT2D eigenvalue weighted by Gasteiger charge is -2.16. The van der Waals surface area contributed by atoms with Gasteiger partial charge in [0.2, 0.25) is 0 Å². The molecule has 1 aliphatic heterocycles. The Labute approximate surface area is 95.3 Å². The Morgan fingerprint density at radius 2 is 2.31 bits per heavy atom. The van der Waals surface area contributed by atoms with Crippen molar-refractivity contribution in [1.29, 1.82) is 0 Å². The van der Waals surface area contributed by atoms with Crippen molar-refractivity contribution in [3.8, 4) is 0 Å². The van der Waals surface area contributed by atoms with E-state index in [1.807, 2.05) is 6.07 Å². The number of aromatic nitrogens is 1. The Kier molecular flexibility index (Phi) is 2.48. The Morgan fingerprint density at radius 1 is 1.44 bits per heavy atom. The van der Waals surface area contributed by atoms with Crippen molar-refractivity contribution in [2.75, 3.05) is 6.54 Å². The number of hydrogen-bond acceptors (Lipinski definition) is 3. The second kappa shape index (κ2) is 3.98. The monoisotopic (exact) mass is 216 g/mol. The molecule has 0 unspecified atom stereocenters. The number of nitrogens with one attached hydrogen (secondary N) is 1. The fraction of sp³-hybridized carbons (Fsp3) is 0.538. The molecule has 0 spiro atoms. The summed E-state index contributed by atoms with van der Waals surface area (Å²) in [6.07, 6.45) is 4.09. The van der Waals surface area contributed by atoms with Crippen LogP contribution in [0.15, 0.2) is 12.1 Å². The molecule has 2 aliphatic rings. The molecule has 0 atom stereocenters. The van der Waals surface area contributed by atoms with Crippen molar-refractivity contribution < 1.29 is 4.79 Å². The number of ketones is 1. The molecule has 3 rings (SSSR count). The van der Waals surface area contributed by atoms with Crippen molar-refractivity contribution in [3.63, 3.8) is 0 Å². The van der Waals surface area contributed by atoms with Crippen LogP contribution in [-0.4, -0.2) is 17.3 Å². The van der Waals surface area contributed by atoms with Crippen molar-refractivity contribution >= 4 is 5.78 Å². The first-order valence-corrected chi connectivity index (χ1v) is 6.05. The standard InChI is InChI=1S/C13H16N2O/c16-13(7-9-1-2-9)12-4-3-10-8-14-6-5-11(10)15-12/h3-4,9,14H,1-2,5-8H2. The maximum absolute atomic E-state index is 11.9. The second-order valence-electron chi connectivity index (χ2n) is 4.80. The van der Waals surface area contributed by atoms with Crippen molar-refractivity contribution in [2.45, 2.75) is 32.2 Å².